The van der Waals surface area contributed by atoms with E-state index in [9.17, 15) is 4.79 Å². The maximum Gasteiger partial charge on any atom is 0.244 e. The van der Waals surface area contributed by atoms with Crippen LogP contribution in [-0.4, -0.2) is 42.3 Å². The Morgan fingerprint density at radius 1 is 1.42 bits per heavy atom. The molecule has 1 N–H and O–H groups in total. The summed E-state index contributed by atoms with van der Waals surface area (Å²) in [4.78, 5) is 14.9. The minimum Gasteiger partial charge on any atom is -0.383 e. The smallest absolute Gasteiger partial charge is 0.244 e. The van der Waals surface area contributed by atoms with E-state index in [1.54, 1.807) is 7.11 Å². The maximum atomic E-state index is 12.7. The third-order valence-corrected chi connectivity index (χ3v) is 5.19. The Bertz CT molecular complexity index is 348. The number of methoxy groups -OCH3 is 1. The van der Waals surface area contributed by atoms with Crippen molar-refractivity contribution in [1.82, 2.24) is 10.2 Å². The van der Waals surface area contributed by atoms with E-state index in [0.29, 0.717) is 18.4 Å². The van der Waals surface area contributed by atoms with Crippen molar-refractivity contribution >= 4 is 5.91 Å². The lowest BCUT2D eigenvalue weighted by Crippen LogP contribution is -2.49. The molecule has 4 heteroatoms. The first-order valence-corrected chi connectivity index (χ1v) is 7.81. The molecule has 2 unspecified atom stereocenters. The molecule has 1 aliphatic heterocycles. The van der Waals surface area contributed by atoms with Gasteiger partial charge in [-0.2, -0.15) is 0 Å². The van der Waals surface area contributed by atoms with Crippen molar-refractivity contribution in [3.8, 4) is 0 Å². The molecule has 1 spiro atoms. The van der Waals surface area contributed by atoms with E-state index >= 15 is 0 Å². The molecule has 1 amide bonds. The quantitative estimate of drug-likeness (QED) is 0.826. The van der Waals surface area contributed by atoms with Gasteiger partial charge in [0.1, 0.15) is 0 Å². The van der Waals surface area contributed by atoms with Crippen LogP contribution >= 0.6 is 0 Å². The summed E-state index contributed by atoms with van der Waals surface area (Å²) in [6.07, 6.45) is 8.45. The van der Waals surface area contributed by atoms with Crippen LogP contribution in [0.4, 0.5) is 0 Å². The summed E-state index contributed by atoms with van der Waals surface area (Å²) in [5.74, 6) is 0.989. The number of rotatable bonds is 5. The largest absolute Gasteiger partial charge is 0.383 e. The minimum absolute atomic E-state index is 0.186. The lowest BCUT2D eigenvalue weighted by molar-refractivity contribution is -0.135. The number of hydrogen-bond acceptors (Lipinski definition) is 3. The van der Waals surface area contributed by atoms with Gasteiger partial charge in [0.2, 0.25) is 5.91 Å². The van der Waals surface area contributed by atoms with E-state index in [-0.39, 0.29) is 17.7 Å². The average molecular weight is 266 g/mol. The van der Waals surface area contributed by atoms with E-state index in [1.165, 1.54) is 25.7 Å². The second-order valence-electron chi connectivity index (χ2n) is 6.45. The summed E-state index contributed by atoms with van der Waals surface area (Å²) in [6.45, 7) is 2.81. The van der Waals surface area contributed by atoms with Crippen molar-refractivity contribution in [3.05, 3.63) is 0 Å². The zero-order valence-corrected chi connectivity index (χ0v) is 12.2. The van der Waals surface area contributed by atoms with Crippen molar-refractivity contribution in [3.63, 3.8) is 0 Å². The SMILES string of the molecule is CCC(COC)N1C(=O)C2(CC2)NC1C1CCCC1. The van der Waals surface area contributed by atoms with Crippen LogP contribution < -0.4 is 5.32 Å². The molecule has 4 nitrogen and oxygen atoms in total. The first-order valence-electron chi connectivity index (χ1n) is 7.81. The molecule has 1 heterocycles. The van der Waals surface area contributed by atoms with Gasteiger partial charge in [-0.15, -0.1) is 0 Å². The van der Waals surface area contributed by atoms with Crippen LogP contribution in [0.5, 0.6) is 0 Å². The first-order chi connectivity index (χ1) is 9.22. The topological polar surface area (TPSA) is 41.6 Å². The second kappa shape index (κ2) is 5.06. The van der Waals surface area contributed by atoms with Crippen LogP contribution in [0.2, 0.25) is 0 Å². The molecule has 3 fully saturated rings. The van der Waals surface area contributed by atoms with Gasteiger partial charge < -0.3 is 9.64 Å². The molecule has 19 heavy (non-hydrogen) atoms. The molecule has 108 valence electrons. The Morgan fingerprint density at radius 2 is 2.11 bits per heavy atom. The van der Waals surface area contributed by atoms with Gasteiger partial charge in [0.15, 0.2) is 0 Å². The molecule has 3 aliphatic rings. The monoisotopic (exact) mass is 266 g/mol. The summed E-state index contributed by atoms with van der Waals surface area (Å²) < 4.78 is 5.33. The second-order valence-corrected chi connectivity index (χ2v) is 6.45. The normalized spacial score (nSPS) is 31.4. The predicted molar refractivity (Wildman–Crippen MR) is 73.6 cm³/mol. The fourth-order valence-electron chi connectivity index (χ4n) is 3.87. The molecule has 0 aromatic heterocycles. The van der Waals surface area contributed by atoms with Crippen LogP contribution in [-0.2, 0) is 9.53 Å². The Morgan fingerprint density at radius 3 is 2.63 bits per heavy atom. The number of carbonyl (C=O) groups is 1. The van der Waals surface area contributed by atoms with Crippen molar-refractivity contribution in [1.29, 1.82) is 0 Å². The number of hydrogen-bond donors (Lipinski definition) is 1. The van der Waals surface area contributed by atoms with E-state index in [4.69, 9.17) is 4.74 Å². The number of amides is 1. The number of nitrogens with one attached hydrogen (secondary N) is 1. The number of nitrogens with zero attached hydrogens (tertiary/aromatic N) is 1. The summed E-state index contributed by atoms with van der Waals surface area (Å²) >= 11 is 0. The fourth-order valence-corrected chi connectivity index (χ4v) is 3.87. The molecule has 0 aromatic rings. The predicted octanol–water partition coefficient (Wildman–Crippen LogP) is 1.89. The summed E-state index contributed by atoms with van der Waals surface area (Å²) in [5, 5.41) is 3.68. The summed E-state index contributed by atoms with van der Waals surface area (Å²) in [7, 11) is 1.73. The van der Waals surface area contributed by atoms with Gasteiger partial charge in [-0.1, -0.05) is 19.8 Å². The summed E-state index contributed by atoms with van der Waals surface area (Å²) in [6, 6.07) is 0.232. The Balaban J connectivity index is 1.81. The summed E-state index contributed by atoms with van der Waals surface area (Å²) in [5.41, 5.74) is -0.186. The van der Waals surface area contributed by atoms with Gasteiger partial charge in [-0.05, 0) is 38.0 Å². The van der Waals surface area contributed by atoms with Gasteiger partial charge in [0.05, 0.1) is 24.4 Å². The highest BCUT2D eigenvalue weighted by atomic mass is 16.5. The maximum absolute atomic E-state index is 12.7. The van der Waals surface area contributed by atoms with E-state index in [0.717, 1.165) is 19.3 Å². The molecular formula is C15H26N2O2. The Hall–Kier alpha value is -0.610. The highest BCUT2D eigenvalue weighted by Crippen LogP contribution is 2.46. The third-order valence-electron chi connectivity index (χ3n) is 5.19. The molecule has 0 radical (unpaired) electrons. The van der Waals surface area contributed by atoms with Crippen LogP contribution in [0.1, 0.15) is 51.9 Å². The zero-order chi connectivity index (χ0) is 13.5. The van der Waals surface area contributed by atoms with Gasteiger partial charge >= 0.3 is 0 Å². The van der Waals surface area contributed by atoms with Crippen LogP contribution in [0.3, 0.4) is 0 Å². The highest BCUT2D eigenvalue weighted by molar-refractivity contribution is 5.92. The van der Waals surface area contributed by atoms with Crippen LogP contribution in [0.15, 0.2) is 0 Å². The number of ether oxygens (including phenoxy) is 1. The van der Waals surface area contributed by atoms with Gasteiger partial charge in [0.25, 0.3) is 0 Å². The molecule has 2 aliphatic carbocycles. The van der Waals surface area contributed by atoms with Crippen LogP contribution in [0.25, 0.3) is 0 Å². The van der Waals surface area contributed by atoms with Crippen molar-refractivity contribution in [2.75, 3.05) is 13.7 Å². The Labute approximate surface area is 115 Å². The lowest BCUT2D eigenvalue weighted by atomic mass is 10.0. The highest BCUT2D eigenvalue weighted by Gasteiger charge is 2.61. The van der Waals surface area contributed by atoms with E-state index < -0.39 is 0 Å². The standard InChI is InChI=1S/C15H26N2O2/c1-3-12(10-19-2)17-13(11-6-4-5-7-11)16-15(8-9-15)14(17)18/h11-13,16H,3-10H2,1-2H3. The molecule has 0 aromatic carbocycles. The van der Waals surface area contributed by atoms with Gasteiger partial charge in [-0.25, -0.2) is 0 Å². The average Bonchev–Trinajstić information content (AvgIpc) is 2.88. The van der Waals surface area contributed by atoms with Crippen molar-refractivity contribution in [2.24, 2.45) is 5.92 Å². The van der Waals surface area contributed by atoms with E-state index in [2.05, 4.69) is 17.1 Å². The molecule has 3 rings (SSSR count). The fraction of sp³-hybridized carbons (Fsp3) is 0.933. The first kappa shape index (κ1) is 13.4. The van der Waals surface area contributed by atoms with E-state index in [1.807, 2.05) is 0 Å². The Kier molecular flexibility index (Phi) is 3.56. The van der Waals surface area contributed by atoms with Gasteiger partial charge in [-0.3, -0.25) is 10.1 Å². The molecular weight excluding hydrogens is 240 g/mol. The number of carbonyl (C=O) groups excluding carboxylic acids is 1. The minimum atomic E-state index is -0.186. The lowest BCUT2D eigenvalue weighted by Gasteiger charge is -2.35. The molecule has 1 saturated heterocycles. The van der Waals surface area contributed by atoms with Gasteiger partial charge in [0, 0.05) is 7.11 Å². The molecule has 2 atom stereocenters. The molecule has 0 bridgehead atoms. The van der Waals surface area contributed by atoms with Crippen LogP contribution in [0, 0.1) is 5.92 Å². The molecule has 2 saturated carbocycles. The zero-order valence-electron chi connectivity index (χ0n) is 12.2. The van der Waals surface area contributed by atoms with Crippen molar-refractivity contribution in [2.45, 2.75) is 69.6 Å². The third kappa shape index (κ3) is 2.19. The van der Waals surface area contributed by atoms with Crippen molar-refractivity contribution < 1.29 is 9.53 Å².